The van der Waals surface area contributed by atoms with Gasteiger partial charge < -0.3 is 0 Å². The molecule has 0 saturated heterocycles. The summed E-state index contributed by atoms with van der Waals surface area (Å²) in [4.78, 5) is 0.213. The maximum Gasteiger partial charge on any atom is 0.240 e. The Labute approximate surface area is 125 Å². The molecule has 0 amide bonds. The van der Waals surface area contributed by atoms with Gasteiger partial charge in [0.15, 0.2) is 0 Å². The third-order valence-electron chi connectivity index (χ3n) is 3.84. The summed E-state index contributed by atoms with van der Waals surface area (Å²) < 4.78 is 27.1. The van der Waals surface area contributed by atoms with E-state index in [1.54, 1.807) is 12.1 Å². The van der Waals surface area contributed by atoms with Crippen molar-refractivity contribution < 1.29 is 8.42 Å². The highest BCUT2D eigenvalue weighted by Gasteiger charge is 2.31. The van der Waals surface area contributed by atoms with Gasteiger partial charge in [0.05, 0.1) is 4.90 Å². The summed E-state index contributed by atoms with van der Waals surface area (Å²) in [7, 11) is -3.53. The van der Waals surface area contributed by atoms with Gasteiger partial charge in [0.2, 0.25) is 10.0 Å². The Morgan fingerprint density at radius 3 is 2.35 bits per heavy atom. The summed E-state index contributed by atoms with van der Waals surface area (Å²) >= 11 is 5.76. The average Bonchev–Trinajstić information content (AvgIpc) is 2.47. The van der Waals surface area contributed by atoms with Gasteiger partial charge in [-0.25, -0.2) is 13.1 Å². The minimum Gasteiger partial charge on any atom is -0.210 e. The van der Waals surface area contributed by atoms with Crippen molar-refractivity contribution in [3.63, 3.8) is 0 Å². The maximum atomic E-state index is 12.2. The van der Waals surface area contributed by atoms with Crippen LogP contribution in [-0.2, 0) is 10.0 Å². The van der Waals surface area contributed by atoms with Crippen LogP contribution in [0, 0.1) is 17.8 Å². The number of hydrogen-bond donors (Lipinski definition) is 1. The molecule has 2 rings (SSSR count). The summed E-state index contributed by atoms with van der Waals surface area (Å²) in [5, 5.41) is 0.510. The summed E-state index contributed by atoms with van der Waals surface area (Å²) in [6.07, 6.45) is 10.7. The summed E-state index contributed by atoms with van der Waals surface area (Å²) in [5.41, 5.74) is -0.336. The SMILES string of the molecule is C#CC1(CNS(=O)(=O)c2ccc(Cl)cc2)CCCCC1. The van der Waals surface area contributed by atoms with E-state index in [4.69, 9.17) is 18.0 Å². The summed E-state index contributed by atoms with van der Waals surface area (Å²) in [6, 6.07) is 6.11. The second-order valence-corrected chi connectivity index (χ2v) is 7.47. The van der Waals surface area contributed by atoms with Crippen LogP contribution >= 0.6 is 11.6 Å². The molecule has 0 radical (unpaired) electrons. The zero-order chi connectivity index (χ0) is 14.6. The molecule has 0 bridgehead atoms. The molecule has 1 aliphatic rings. The van der Waals surface area contributed by atoms with Gasteiger partial charge in [-0.05, 0) is 37.1 Å². The molecule has 0 aliphatic heterocycles. The Morgan fingerprint density at radius 2 is 1.80 bits per heavy atom. The smallest absolute Gasteiger partial charge is 0.210 e. The fourth-order valence-electron chi connectivity index (χ4n) is 2.53. The first-order valence-corrected chi connectivity index (χ1v) is 8.57. The van der Waals surface area contributed by atoms with Crippen molar-refractivity contribution in [2.45, 2.75) is 37.0 Å². The van der Waals surface area contributed by atoms with Crippen molar-refractivity contribution in [2.24, 2.45) is 5.41 Å². The monoisotopic (exact) mass is 311 g/mol. The van der Waals surface area contributed by atoms with E-state index < -0.39 is 10.0 Å². The number of rotatable bonds is 4. The molecule has 0 aromatic heterocycles. The first-order valence-electron chi connectivity index (χ1n) is 6.70. The van der Waals surface area contributed by atoms with Crippen LogP contribution < -0.4 is 4.72 Å². The predicted molar refractivity (Wildman–Crippen MR) is 81.0 cm³/mol. The predicted octanol–water partition coefficient (Wildman–Crippen LogP) is 3.20. The van der Waals surface area contributed by atoms with Crippen LogP contribution in [0.2, 0.25) is 5.02 Å². The van der Waals surface area contributed by atoms with E-state index in [0.29, 0.717) is 11.6 Å². The molecule has 5 heteroatoms. The van der Waals surface area contributed by atoms with Gasteiger partial charge in [-0.3, -0.25) is 0 Å². The van der Waals surface area contributed by atoms with E-state index in [0.717, 1.165) is 25.7 Å². The molecule has 0 atom stereocenters. The number of hydrogen-bond acceptors (Lipinski definition) is 2. The lowest BCUT2D eigenvalue weighted by molar-refractivity contribution is 0.272. The van der Waals surface area contributed by atoms with Crippen molar-refractivity contribution in [1.82, 2.24) is 4.72 Å². The molecule has 0 heterocycles. The molecular formula is C15H18ClNO2S. The normalized spacial score (nSPS) is 18.4. The largest absolute Gasteiger partial charge is 0.240 e. The lowest BCUT2D eigenvalue weighted by atomic mass is 9.75. The minimum atomic E-state index is -3.53. The molecule has 20 heavy (non-hydrogen) atoms. The average molecular weight is 312 g/mol. The molecule has 1 aliphatic carbocycles. The van der Waals surface area contributed by atoms with Crippen molar-refractivity contribution >= 4 is 21.6 Å². The van der Waals surface area contributed by atoms with Gasteiger partial charge in [-0.2, -0.15) is 0 Å². The molecule has 1 aromatic rings. The van der Waals surface area contributed by atoms with Crippen LogP contribution in [0.25, 0.3) is 0 Å². The fraction of sp³-hybridized carbons (Fsp3) is 0.467. The highest BCUT2D eigenvalue weighted by molar-refractivity contribution is 7.89. The summed E-state index contributed by atoms with van der Waals surface area (Å²) in [5.74, 6) is 2.80. The Morgan fingerprint density at radius 1 is 1.20 bits per heavy atom. The van der Waals surface area contributed by atoms with Crippen molar-refractivity contribution in [3.8, 4) is 12.3 Å². The van der Waals surface area contributed by atoms with E-state index in [2.05, 4.69) is 10.6 Å². The van der Waals surface area contributed by atoms with E-state index in [1.165, 1.54) is 18.6 Å². The van der Waals surface area contributed by atoms with E-state index in [-0.39, 0.29) is 10.3 Å². The highest BCUT2D eigenvalue weighted by Crippen LogP contribution is 2.35. The molecule has 1 fully saturated rings. The second-order valence-electron chi connectivity index (χ2n) is 5.26. The van der Waals surface area contributed by atoms with E-state index in [1.807, 2.05) is 0 Å². The van der Waals surface area contributed by atoms with E-state index >= 15 is 0 Å². The van der Waals surface area contributed by atoms with E-state index in [9.17, 15) is 8.42 Å². The van der Waals surface area contributed by atoms with Crippen LogP contribution in [-0.4, -0.2) is 15.0 Å². The molecule has 0 unspecified atom stereocenters. The zero-order valence-electron chi connectivity index (χ0n) is 11.2. The number of halogens is 1. The molecule has 1 aromatic carbocycles. The third kappa shape index (κ3) is 3.54. The molecule has 108 valence electrons. The quantitative estimate of drug-likeness (QED) is 0.868. The first kappa shape index (κ1) is 15.4. The molecule has 0 spiro atoms. The van der Waals surface area contributed by atoms with Crippen LogP contribution in [0.4, 0.5) is 0 Å². The summed E-state index contributed by atoms with van der Waals surface area (Å²) in [6.45, 7) is 0.300. The maximum absolute atomic E-state index is 12.2. The second kappa shape index (κ2) is 6.17. The van der Waals surface area contributed by atoms with Gasteiger partial charge in [0.25, 0.3) is 0 Å². The third-order valence-corrected chi connectivity index (χ3v) is 5.51. The molecule has 1 N–H and O–H groups in total. The Hall–Kier alpha value is -1.02. The Balaban J connectivity index is 2.09. The molecular weight excluding hydrogens is 294 g/mol. The van der Waals surface area contributed by atoms with Gasteiger partial charge >= 0.3 is 0 Å². The van der Waals surface area contributed by atoms with Gasteiger partial charge in [-0.15, -0.1) is 6.42 Å². The standard InChI is InChI=1S/C15H18ClNO2S/c1-2-15(10-4-3-5-11-15)12-17-20(18,19)14-8-6-13(16)7-9-14/h1,6-9,17H,3-5,10-12H2. The van der Waals surface area contributed by atoms with Crippen LogP contribution in [0.1, 0.15) is 32.1 Å². The van der Waals surface area contributed by atoms with Gasteiger partial charge in [0, 0.05) is 17.0 Å². The lowest BCUT2D eigenvalue weighted by Gasteiger charge is -2.32. The van der Waals surface area contributed by atoms with Gasteiger partial charge in [-0.1, -0.05) is 36.8 Å². The molecule has 3 nitrogen and oxygen atoms in total. The number of terminal acetylenes is 1. The fourth-order valence-corrected chi connectivity index (χ4v) is 3.78. The zero-order valence-corrected chi connectivity index (χ0v) is 12.8. The first-order chi connectivity index (χ1) is 9.47. The van der Waals surface area contributed by atoms with Crippen LogP contribution in [0.5, 0.6) is 0 Å². The topological polar surface area (TPSA) is 46.2 Å². The highest BCUT2D eigenvalue weighted by atomic mass is 35.5. The lowest BCUT2D eigenvalue weighted by Crippen LogP contribution is -2.38. The van der Waals surface area contributed by atoms with Crippen LogP contribution in [0.15, 0.2) is 29.2 Å². The van der Waals surface area contributed by atoms with Crippen LogP contribution in [0.3, 0.4) is 0 Å². The molecule has 1 saturated carbocycles. The van der Waals surface area contributed by atoms with Crippen molar-refractivity contribution in [1.29, 1.82) is 0 Å². The number of benzene rings is 1. The van der Waals surface area contributed by atoms with Gasteiger partial charge in [0.1, 0.15) is 0 Å². The Kier molecular flexibility index (Phi) is 4.74. The number of sulfonamides is 1. The minimum absolute atomic E-state index is 0.213. The van der Waals surface area contributed by atoms with Crippen molar-refractivity contribution in [2.75, 3.05) is 6.54 Å². The number of nitrogens with one attached hydrogen (secondary N) is 1. The van der Waals surface area contributed by atoms with Crippen molar-refractivity contribution in [3.05, 3.63) is 29.3 Å². The Bertz CT molecular complexity index is 596.